The Hall–Kier alpha value is -1.42. The highest BCUT2D eigenvalue weighted by atomic mass is 19.1. The molecule has 1 unspecified atom stereocenters. The van der Waals surface area contributed by atoms with Crippen molar-refractivity contribution in [2.24, 2.45) is 0 Å². The molecule has 92 valence electrons. The van der Waals surface area contributed by atoms with E-state index >= 15 is 0 Å². The lowest BCUT2D eigenvalue weighted by Gasteiger charge is -2.24. The summed E-state index contributed by atoms with van der Waals surface area (Å²) < 4.78 is 13.9. The zero-order valence-electron chi connectivity index (χ0n) is 9.79. The van der Waals surface area contributed by atoms with Gasteiger partial charge in [0.1, 0.15) is 5.82 Å². The molecule has 17 heavy (non-hydrogen) atoms. The standard InChI is InChI=1S/C13H16FNO2/c1-8-5-12(14)11(6-10(8)13(16)17)9-3-2-4-15-7-9/h5-6,9,15H,2-4,7H2,1H3,(H,16,17). The van der Waals surface area contributed by atoms with Gasteiger partial charge in [0.15, 0.2) is 0 Å². The second-order valence-corrected chi connectivity index (χ2v) is 4.54. The fraction of sp³-hybridized carbons (Fsp3) is 0.462. The van der Waals surface area contributed by atoms with E-state index in [0.717, 1.165) is 25.9 Å². The van der Waals surface area contributed by atoms with Crippen LogP contribution in [0.3, 0.4) is 0 Å². The van der Waals surface area contributed by atoms with Gasteiger partial charge in [0.05, 0.1) is 5.56 Å². The number of aryl methyl sites for hydroxylation is 1. The number of rotatable bonds is 2. The molecule has 0 saturated carbocycles. The van der Waals surface area contributed by atoms with Crippen molar-refractivity contribution in [3.05, 3.63) is 34.6 Å². The van der Waals surface area contributed by atoms with Gasteiger partial charge in [0.2, 0.25) is 0 Å². The topological polar surface area (TPSA) is 49.3 Å². The van der Waals surface area contributed by atoms with Crippen LogP contribution < -0.4 is 5.32 Å². The molecule has 4 heteroatoms. The summed E-state index contributed by atoms with van der Waals surface area (Å²) >= 11 is 0. The van der Waals surface area contributed by atoms with Gasteiger partial charge in [-0.2, -0.15) is 0 Å². The van der Waals surface area contributed by atoms with Crippen molar-refractivity contribution < 1.29 is 14.3 Å². The zero-order valence-corrected chi connectivity index (χ0v) is 9.79. The van der Waals surface area contributed by atoms with E-state index in [-0.39, 0.29) is 17.3 Å². The molecule has 1 saturated heterocycles. The molecule has 1 aliphatic rings. The molecule has 0 aliphatic carbocycles. The number of carbonyl (C=O) groups is 1. The number of halogens is 1. The van der Waals surface area contributed by atoms with Crippen molar-refractivity contribution >= 4 is 5.97 Å². The summed E-state index contributed by atoms with van der Waals surface area (Å²) in [5.41, 5.74) is 1.20. The Morgan fingerprint density at radius 3 is 2.88 bits per heavy atom. The Morgan fingerprint density at radius 1 is 1.53 bits per heavy atom. The summed E-state index contributed by atoms with van der Waals surface area (Å²) in [5, 5.41) is 12.3. The Labute approximate surface area is 99.7 Å². The van der Waals surface area contributed by atoms with Gasteiger partial charge in [-0.05, 0) is 55.5 Å². The molecule has 2 rings (SSSR count). The first-order chi connectivity index (χ1) is 8.09. The summed E-state index contributed by atoms with van der Waals surface area (Å²) in [6.07, 6.45) is 1.91. The van der Waals surface area contributed by atoms with Crippen molar-refractivity contribution in [1.82, 2.24) is 5.32 Å². The van der Waals surface area contributed by atoms with Crippen molar-refractivity contribution in [3.8, 4) is 0 Å². The summed E-state index contributed by atoms with van der Waals surface area (Å²) in [6.45, 7) is 3.30. The number of benzene rings is 1. The van der Waals surface area contributed by atoms with E-state index in [1.807, 2.05) is 0 Å². The highest BCUT2D eigenvalue weighted by Crippen LogP contribution is 2.27. The maximum absolute atomic E-state index is 13.9. The van der Waals surface area contributed by atoms with Crippen LogP contribution in [0.25, 0.3) is 0 Å². The number of carboxylic acid groups (broad SMARTS) is 1. The summed E-state index contributed by atoms with van der Waals surface area (Å²) in [6, 6.07) is 2.82. The first-order valence-electron chi connectivity index (χ1n) is 5.83. The third kappa shape index (κ3) is 2.47. The number of hydrogen-bond acceptors (Lipinski definition) is 2. The molecule has 3 nitrogen and oxygen atoms in total. The van der Waals surface area contributed by atoms with E-state index in [2.05, 4.69) is 5.32 Å². The number of nitrogens with one attached hydrogen (secondary N) is 1. The number of piperidine rings is 1. The van der Waals surface area contributed by atoms with E-state index in [0.29, 0.717) is 11.1 Å². The van der Waals surface area contributed by atoms with Crippen molar-refractivity contribution in [2.45, 2.75) is 25.7 Å². The van der Waals surface area contributed by atoms with E-state index in [1.165, 1.54) is 12.1 Å². The third-order valence-corrected chi connectivity index (χ3v) is 3.31. The first kappa shape index (κ1) is 12.0. The van der Waals surface area contributed by atoms with Crippen molar-refractivity contribution in [3.63, 3.8) is 0 Å². The second kappa shape index (κ2) is 4.84. The molecule has 0 amide bonds. The predicted octanol–water partition coefficient (Wildman–Crippen LogP) is 2.30. The lowest BCUT2D eigenvalue weighted by molar-refractivity contribution is 0.0696. The molecular weight excluding hydrogens is 221 g/mol. The van der Waals surface area contributed by atoms with Gasteiger partial charge in [-0.25, -0.2) is 9.18 Å². The Morgan fingerprint density at radius 2 is 2.29 bits per heavy atom. The summed E-state index contributed by atoms with van der Waals surface area (Å²) in [5.74, 6) is -1.20. The van der Waals surface area contributed by atoms with Crippen LogP contribution in [-0.2, 0) is 0 Å². The molecule has 1 atom stereocenters. The second-order valence-electron chi connectivity index (χ2n) is 4.54. The normalized spacial score (nSPS) is 20.2. The van der Waals surface area contributed by atoms with Crippen LogP contribution >= 0.6 is 0 Å². The van der Waals surface area contributed by atoms with Crippen LogP contribution in [0.2, 0.25) is 0 Å². The van der Waals surface area contributed by atoms with Gasteiger partial charge in [0, 0.05) is 6.54 Å². The average Bonchev–Trinajstić information content (AvgIpc) is 2.29. The van der Waals surface area contributed by atoms with Crippen LogP contribution in [0, 0.1) is 12.7 Å². The minimum atomic E-state index is -0.993. The van der Waals surface area contributed by atoms with Gasteiger partial charge in [0.25, 0.3) is 0 Å². The molecule has 1 fully saturated rings. The highest BCUT2D eigenvalue weighted by molar-refractivity contribution is 5.89. The Kier molecular flexibility index (Phi) is 3.43. The molecule has 1 aromatic rings. The van der Waals surface area contributed by atoms with E-state index in [9.17, 15) is 9.18 Å². The average molecular weight is 237 g/mol. The summed E-state index contributed by atoms with van der Waals surface area (Å²) in [7, 11) is 0. The SMILES string of the molecule is Cc1cc(F)c(C2CCCNC2)cc1C(=O)O. The molecule has 0 aromatic heterocycles. The van der Waals surface area contributed by atoms with Gasteiger partial charge in [-0.1, -0.05) is 0 Å². The minimum absolute atomic E-state index is 0.0856. The van der Waals surface area contributed by atoms with Crippen molar-refractivity contribution in [1.29, 1.82) is 0 Å². The van der Waals surface area contributed by atoms with Crippen LogP contribution in [0.5, 0.6) is 0 Å². The van der Waals surface area contributed by atoms with Crippen LogP contribution in [0.15, 0.2) is 12.1 Å². The molecule has 1 heterocycles. The molecule has 0 bridgehead atoms. The number of aromatic carboxylic acids is 1. The maximum atomic E-state index is 13.9. The van der Waals surface area contributed by atoms with E-state index in [4.69, 9.17) is 5.11 Å². The monoisotopic (exact) mass is 237 g/mol. The lowest BCUT2D eigenvalue weighted by atomic mass is 9.89. The van der Waals surface area contributed by atoms with E-state index in [1.54, 1.807) is 6.92 Å². The molecular formula is C13H16FNO2. The molecule has 0 spiro atoms. The molecule has 1 aromatic carbocycles. The molecule has 0 radical (unpaired) electrons. The van der Waals surface area contributed by atoms with Gasteiger partial charge < -0.3 is 10.4 Å². The van der Waals surface area contributed by atoms with Gasteiger partial charge >= 0.3 is 5.97 Å². The fourth-order valence-electron chi connectivity index (χ4n) is 2.35. The zero-order chi connectivity index (χ0) is 12.4. The lowest BCUT2D eigenvalue weighted by Crippen LogP contribution is -2.29. The fourth-order valence-corrected chi connectivity index (χ4v) is 2.35. The van der Waals surface area contributed by atoms with E-state index < -0.39 is 5.97 Å². The smallest absolute Gasteiger partial charge is 0.335 e. The quantitative estimate of drug-likeness (QED) is 0.829. The molecule has 2 N–H and O–H groups in total. The predicted molar refractivity (Wildman–Crippen MR) is 62.9 cm³/mol. The van der Waals surface area contributed by atoms with Gasteiger partial charge in [-0.3, -0.25) is 0 Å². The maximum Gasteiger partial charge on any atom is 0.335 e. The highest BCUT2D eigenvalue weighted by Gasteiger charge is 2.21. The van der Waals surface area contributed by atoms with Crippen LogP contribution in [0.1, 0.15) is 40.2 Å². The Bertz CT molecular complexity index is 439. The minimum Gasteiger partial charge on any atom is -0.478 e. The first-order valence-corrected chi connectivity index (χ1v) is 5.83. The largest absolute Gasteiger partial charge is 0.478 e. The van der Waals surface area contributed by atoms with Crippen LogP contribution in [0.4, 0.5) is 4.39 Å². The number of hydrogen-bond donors (Lipinski definition) is 2. The van der Waals surface area contributed by atoms with Crippen molar-refractivity contribution in [2.75, 3.05) is 13.1 Å². The summed E-state index contributed by atoms with van der Waals surface area (Å²) in [4.78, 5) is 11.0. The van der Waals surface area contributed by atoms with Gasteiger partial charge in [-0.15, -0.1) is 0 Å². The third-order valence-electron chi connectivity index (χ3n) is 3.31. The van der Waals surface area contributed by atoms with Crippen LogP contribution in [-0.4, -0.2) is 24.2 Å². The molecule has 1 aliphatic heterocycles. The Balaban J connectivity index is 2.38. The number of carboxylic acids is 1.